The third kappa shape index (κ3) is 4.04. The summed E-state index contributed by atoms with van der Waals surface area (Å²) in [4.78, 5) is 0. The Bertz CT molecular complexity index is 214. The van der Waals surface area contributed by atoms with Crippen LogP contribution in [0.2, 0.25) is 0 Å². The van der Waals surface area contributed by atoms with Gasteiger partial charge >= 0.3 is 0 Å². The van der Waals surface area contributed by atoms with Crippen molar-refractivity contribution in [1.29, 1.82) is 0 Å². The van der Waals surface area contributed by atoms with Crippen LogP contribution in [0.15, 0.2) is 9.85 Å². The monoisotopic (exact) mass is 219 g/mol. The predicted molar refractivity (Wildman–Crippen MR) is 55.2 cm³/mol. The van der Waals surface area contributed by atoms with Crippen molar-refractivity contribution in [2.24, 2.45) is 0 Å². The molecule has 1 heterocycles. The van der Waals surface area contributed by atoms with Crippen LogP contribution in [0, 0.1) is 0 Å². The molecule has 1 aromatic heterocycles. The molecule has 0 aliphatic heterocycles. The number of aliphatic hydroxyl groups is 1. The first-order valence-corrected chi connectivity index (χ1v) is 5.90. The Kier molecular flexibility index (Phi) is 5.29. The lowest BCUT2D eigenvalue weighted by molar-refractivity contribution is 0.246. The highest BCUT2D eigenvalue weighted by Crippen LogP contribution is 2.19. The first kappa shape index (κ1) is 10.9. The molecule has 0 amide bonds. The molecule has 0 fully saturated rings. The van der Waals surface area contributed by atoms with Crippen molar-refractivity contribution in [2.75, 3.05) is 19.4 Å². The molecule has 0 aromatic carbocycles. The first-order valence-electron chi connectivity index (χ1n) is 4.04. The summed E-state index contributed by atoms with van der Waals surface area (Å²) in [6.45, 7) is 0.188. The van der Waals surface area contributed by atoms with Gasteiger partial charge in [-0.1, -0.05) is 23.1 Å². The fourth-order valence-electron chi connectivity index (χ4n) is 0.841. The van der Waals surface area contributed by atoms with Crippen molar-refractivity contribution >= 4 is 23.1 Å². The summed E-state index contributed by atoms with van der Waals surface area (Å²) >= 11 is 3.23. The minimum Gasteiger partial charge on any atom is -0.395 e. The maximum atomic E-state index is 8.89. The number of hydrogen-bond acceptors (Lipinski definition) is 6. The second-order valence-corrected chi connectivity index (χ2v) is 4.69. The molecule has 1 atom stereocenters. The van der Waals surface area contributed by atoms with Crippen molar-refractivity contribution < 1.29 is 5.11 Å². The van der Waals surface area contributed by atoms with Gasteiger partial charge in [0, 0.05) is 11.8 Å². The van der Waals surface area contributed by atoms with Crippen LogP contribution in [0.4, 0.5) is 0 Å². The standard InChI is InChI=1S/C7H13N3OS2/c1-8-6(4-11)2-3-12-7-10-9-5-13-7/h5-6,8,11H,2-4H2,1H3. The summed E-state index contributed by atoms with van der Waals surface area (Å²) < 4.78 is 0.993. The summed E-state index contributed by atoms with van der Waals surface area (Å²) in [5.41, 5.74) is 1.73. The molecule has 4 nitrogen and oxygen atoms in total. The summed E-state index contributed by atoms with van der Waals surface area (Å²) in [5, 5.41) is 19.6. The SMILES string of the molecule is CNC(CO)CCSc1nncs1. The normalized spacial score (nSPS) is 13.1. The lowest BCUT2D eigenvalue weighted by atomic mass is 10.2. The summed E-state index contributed by atoms with van der Waals surface area (Å²) in [7, 11) is 1.86. The van der Waals surface area contributed by atoms with Gasteiger partial charge in [0.05, 0.1) is 6.61 Å². The average molecular weight is 219 g/mol. The fraction of sp³-hybridized carbons (Fsp3) is 0.714. The van der Waals surface area contributed by atoms with Crippen molar-refractivity contribution in [2.45, 2.75) is 16.8 Å². The number of nitrogens with zero attached hydrogens (tertiary/aromatic N) is 2. The fourth-order valence-corrected chi connectivity index (χ4v) is 2.45. The highest BCUT2D eigenvalue weighted by atomic mass is 32.2. The number of nitrogens with one attached hydrogen (secondary N) is 1. The van der Waals surface area contributed by atoms with Crippen LogP contribution in [0.5, 0.6) is 0 Å². The highest BCUT2D eigenvalue weighted by molar-refractivity contribution is 8.00. The van der Waals surface area contributed by atoms with Gasteiger partial charge in [-0.3, -0.25) is 0 Å². The Labute approximate surface area is 85.8 Å². The van der Waals surface area contributed by atoms with Gasteiger partial charge in [0.15, 0.2) is 4.34 Å². The van der Waals surface area contributed by atoms with Gasteiger partial charge in [-0.15, -0.1) is 10.2 Å². The van der Waals surface area contributed by atoms with Gasteiger partial charge in [0.1, 0.15) is 5.51 Å². The zero-order valence-corrected chi connectivity index (χ0v) is 9.07. The van der Waals surface area contributed by atoms with Gasteiger partial charge in [-0.25, -0.2) is 0 Å². The molecule has 0 aliphatic rings. The zero-order valence-electron chi connectivity index (χ0n) is 7.43. The van der Waals surface area contributed by atoms with E-state index in [0.717, 1.165) is 16.5 Å². The molecule has 0 aliphatic carbocycles. The molecular weight excluding hydrogens is 206 g/mol. The maximum Gasteiger partial charge on any atom is 0.174 e. The van der Waals surface area contributed by atoms with E-state index in [0.29, 0.717) is 0 Å². The summed E-state index contributed by atoms with van der Waals surface area (Å²) in [6.07, 6.45) is 0.942. The predicted octanol–water partition coefficient (Wildman–Crippen LogP) is 0.601. The Morgan fingerprint density at radius 3 is 3.15 bits per heavy atom. The van der Waals surface area contributed by atoms with Crippen LogP contribution in [-0.2, 0) is 0 Å². The molecule has 0 bridgehead atoms. The van der Waals surface area contributed by atoms with Crippen molar-refractivity contribution in [3.63, 3.8) is 0 Å². The zero-order chi connectivity index (χ0) is 9.52. The van der Waals surface area contributed by atoms with E-state index in [9.17, 15) is 0 Å². The second-order valence-electron chi connectivity index (χ2n) is 2.51. The molecule has 2 N–H and O–H groups in total. The van der Waals surface area contributed by atoms with E-state index >= 15 is 0 Å². The second kappa shape index (κ2) is 6.31. The van der Waals surface area contributed by atoms with E-state index < -0.39 is 0 Å². The average Bonchev–Trinajstić information content (AvgIpc) is 2.65. The molecule has 6 heteroatoms. The van der Waals surface area contributed by atoms with Gasteiger partial charge in [-0.2, -0.15) is 0 Å². The van der Waals surface area contributed by atoms with E-state index in [4.69, 9.17) is 5.11 Å². The van der Waals surface area contributed by atoms with E-state index in [2.05, 4.69) is 15.5 Å². The Morgan fingerprint density at radius 1 is 1.77 bits per heavy atom. The van der Waals surface area contributed by atoms with Crippen LogP contribution in [-0.4, -0.2) is 40.8 Å². The summed E-state index contributed by atoms with van der Waals surface area (Å²) in [5.74, 6) is 0.960. The lowest BCUT2D eigenvalue weighted by Crippen LogP contribution is -2.29. The third-order valence-electron chi connectivity index (χ3n) is 1.66. The number of hydrogen-bond donors (Lipinski definition) is 2. The van der Waals surface area contributed by atoms with Crippen LogP contribution in [0.3, 0.4) is 0 Å². The minimum absolute atomic E-state index is 0.188. The molecule has 0 saturated heterocycles. The third-order valence-corrected chi connectivity index (χ3v) is 3.55. The molecule has 0 saturated carbocycles. The highest BCUT2D eigenvalue weighted by Gasteiger charge is 2.04. The van der Waals surface area contributed by atoms with E-state index in [1.54, 1.807) is 28.6 Å². The van der Waals surface area contributed by atoms with E-state index in [1.807, 2.05) is 7.05 Å². The lowest BCUT2D eigenvalue weighted by Gasteiger charge is -2.10. The van der Waals surface area contributed by atoms with Crippen LogP contribution >= 0.6 is 23.1 Å². The molecular formula is C7H13N3OS2. The Hall–Kier alpha value is -0.170. The van der Waals surface area contributed by atoms with Gasteiger partial charge in [-0.05, 0) is 13.5 Å². The molecule has 0 radical (unpaired) electrons. The number of aromatic nitrogens is 2. The van der Waals surface area contributed by atoms with Gasteiger partial charge in [0.25, 0.3) is 0 Å². The Morgan fingerprint density at radius 2 is 2.62 bits per heavy atom. The van der Waals surface area contributed by atoms with Crippen molar-refractivity contribution in [3.8, 4) is 0 Å². The topological polar surface area (TPSA) is 58.0 Å². The first-order chi connectivity index (χ1) is 6.36. The van der Waals surface area contributed by atoms with Crippen molar-refractivity contribution in [1.82, 2.24) is 15.5 Å². The molecule has 1 aromatic rings. The molecule has 13 heavy (non-hydrogen) atoms. The number of aliphatic hydroxyl groups excluding tert-OH is 1. The van der Waals surface area contributed by atoms with E-state index in [1.165, 1.54) is 0 Å². The molecule has 1 rings (SSSR count). The van der Waals surface area contributed by atoms with Gasteiger partial charge in [0.2, 0.25) is 0 Å². The number of likely N-dealkylation sites (N-methyl/N-ethyl adjacent to an activating group) is 1. The maximum absolute atomic E-state index is 8.89. The smallest absolute Gasteiger partial charge is 0.174 e. The Balaban J connectivity index is 2.13. The van der Waals surface area contributed by atoms with Crippen LogP contribution in [0.1, 0.15) is 6.42 Å². The number of thioether (sulfide) groups is 1. The molecule has 0 spiro atoms. The molecule has 74 valence electrons. The minimum atomic E-state index is 0.188. The quantitative estimate of drug-likeness (QED) is 0.686. The van der Waals surface area contributed by atoms with Crippen LogP contribution < -0.4 is 5.32 Å². The van der Waals surface area contributed by atoms with Gasteiger partial charge < -0.3 is 10.4 Å². The molecule has 1 unspecified atom stereocenters. The van der Waals surface area contributed by atoms with Crippen molar-refractivity contribution in [3.05, 3.63) is 5.51 Å². The number of rotatable bonds is 6. The van der Waals surface area contributed by atoms with E-state index in [-0.39, 0.29) is 12.6 Å². The van der Waals surface area contributed by atoms with Crippen LogP contribution in [0.25, 0.3) is 0 Å². The summed E-state index contributed by atoms with van der Waals surface area (Å²) in [6, 6.07) is 0.195. The largest absolute Gasteiger partial charge is 0.395 e.